The highest BCUT2D eigenvalue weighted by atomic mass is 16.4. The fourth-order valence-corrected chi connectivity index (χ4v) is 6.97. The van der Waals surface area contributed by atoms with Gasteiger partial charge in [0.05, 0.1) is 12.6 Å². The van der Waals surface area contributed by atoms with Crippen LogP contribution in [0.25, 0.3) is 6.08 Å². The zero-order chi connectivity index (χ0) is 38.9. The highest BCUT2D eigenvalue weighted by Crippen LogP contribution is 2.27. The maximum absolute atomic E-state index is 14.0. The number of rotatable bonds is 12. The summed E-state index contributed by atoms with van der Waals surface area (Å²) in [7, 11) is 0. The number of hydrogen-bond donors (Lipinski definition) is 6. The van der Waals surface area contributed by atoms with Crippen LogP contribution in [0.1, 0.15) is 107 Å². The van der Waals surface area contributed by atoms with E-state index in [0.717, 1.165) is 62.5 Å². The van der Waals surface area contributed by atoms with Crippen molar-refractivity contribution < 1.29 is 38.7 Å². The summed E-state index contributed by atoms with van der Waals surface area (Å²) in [5, 5.41) is 22.7. The van der Waals surface area contributed by atoms with Crippen molar-refractivity contribution in [2.75, 3.05) is 6.54 Å². The van der Waals surface area contributed by atoms with E-state index in [1.165, 1.54) is 12.1 Å². The Morgan fingerprint density at radius 1 is 0.870 bits per heavy atom. The maximum Gasteiger partial charge on any atom is 0.330 e. The molecule has 1 fully saturated rings. The average molecular weight is 744 g/mol. The van der Waals surface area contributed by atoms with Gasteiger partial charge in [0.25, 0.3) is 5.91 Å². The number of carboxylic acid groups (broad SMARTS) is 1. The third-order valence-electron chi connectivity index (χ3n) is 9.86. The highest BCUT2D eigenvalue weighted by molar-refractivity contribution is 6.38. The van der Waals surface area contributed by atoms with Crippen molar-refractivity contribution in [2.24, 2.45) is 5.92 Å². The van der Waals surface area contributed by atoms with Gasteiger partial charge in [-0.25, -0.2) is 4.79 Å². The zero-order valence-corrected chi connectivity index (χ0v) is 30.9. The van der Waals surface area contributed by atoms with E-state index in [0.29, 0.717) is 24.8 Å². The standard InChI is InChI=1S/C41H53N5O8/c1-2-15-31(37(49)40(52)42-26-34(48)46-36(41(53)54)30-21-11-7-12-22-30)43-38(50)32-25-28-18-14-17-27(24-28)16-8-4-3-5-13-23-33(47)45-35(39(51)44-32)29-19-9-6-10-20-29/h7-8,11-12,14,16-18,21-22,24,29,31-32,35-36H,2-6,9-10,13,15,19-20,23,25-26H2,1H3,(H,42,52)(H,43,50)(H,44,51)(H,45,47)(H,46,48)(H,53,54)/b16-8-/t31?,32-,35-,36-/m0/s1. The van der Waals surface area contributed by atoms with E-state index in [-0.39, 0.29) is 24.7 Å². The molecular weight excluding hydrogens is 690 g/mol. The largest absolute Gasteiger partial charge is 0.479 e. The summed E-state index contributed by atoms with van der Waals surface area (Å²) in [5.74, 6) is -5.71. The smallest absolute Gasteiger partial charge is 0.330 e. The van der Waals surface area contributed by atoms with E-state index in [2.05, 4.69) is 32.7 Å². The molecule has 4 rings (SSSR count). The van der Waals surface area contributed by atoms with Gasteiger partial charge >= 0.3 is 5.97 Å². The molecule has 0 radical (unpaired) electrons. The third kappa shape index (κ3) is 13.0. The molecule has 1 aliphatic heterocycles. The van der Waals surface area contributed by atoms with E-state index >= 15 is 0 Å². The molecule has 13 nitrogen and oxygen atoms in total. The first-order chi connectivity index (χ1) is 26.0. The Kier molecular flexibility index (Phi) is 16.4. The molecular formula is C41H53N5O8. The molecule has 5 amide bonds. The van der Waals surface area contributed by atoms with E-state index in [9.17, 15) is 38.7 Å². The van der Waals surface area contributed by atoms with Crippen LogP contribution in [0.5, 0.6) is 0 Å². The van der Waals surface area contributed by atoms with Crippen molar-refractivity contribution in [3.05, 3.63) is 77.4 Å². The minimum Gasteiger partial charge on any atom is -0.479 e. The quantitative estimate of drug-likeness (QED) is 0.177. The topological polar surface area (TPSA) is 200 Å². The van der Waals surface area contributed by atoms with Crippen molar-refractivity contribution in [3.63, 3.8) is 0 Å². The third-order valence-corrected chi connectivity index (χ3v) is 9.86. The number of aliphatic carboxylic acids is 1. The Balaban J connectivity index is 1.51. The van der Waals surface area contributed by atoms with Crippen LogP contribution in [-0.2, 0) is 40.0 Å². The predicted octanol–water partition coefficient (Wildman–Crippen LogP) is 3.67. The fourth-order valence-electron chi connectivity index (χ4n) is 6.97. The first-order valence-corrected chi connectivity index (χ1v) is 19.1. The van der Waals surface area contributed by atoms with Crippen LogP contribution < -0.4 is 26.6 Å². The number of carbonyl (C=O) groups excluding carboxylic acids is 6. The Bertz CT molecular complexity index is 1660. The molecule has 0 spiro atoms. The van der Waals surface area contributed by atoms with Crippen LogP contribution in [0, 0.1) is 5.92 Å². The molecule has 1 aliphatic carbocycles. The van der Waals surface area contributed by atoms with Crippen molar-refractivity contribution in [2.45, 2.75) is 115 Å². The van der Waals surface area contributed by atoms with Gasteiger partial charge in [-0.1, -0.05) is 106 Å². The van der Waals surface area contributed by atoms with Gasteiger partial charge in [0.15, 0.2) is 6.04 Å². The monoisotopic (exact) mass is 743 g/mol. The van der Waals surface area contributed by atoms with Gasteiger partial charge in [-0.15, -0.1) is 0 Å². The molecule has 2 bridgehead atoms. The van der Waals surface area contributed by atoms with Crippen LogP contribution >= 0.6 is 0 Å². The molecule has 54 heavy (non-hydrogen) atoms. The summed E-state index contributed by atoms with van der Waals surface area (Å²) in [4.78, 5) is 91.9. The highest BCUT2D eigenvalue weighted by Gasteiger charge is 2.35. The first-order valence-electron chi connectivity index (χ1n) is 19.1. The van der Waals surface area contributed by atoms with Crippen LogP contribution in [0.3, 0.4) is 0 Å². The number of amides is 5. The number of nitrogens with one attached hydrogen (secondary N) is 5. The molecule has 2 aliphatic rings. The fraction of sp³-hybridized carbons (Fsp3) is 0.488. The summed E-state index contributed by atoms with van der Waals surface area (Å²) in [6.07, 6.45) is 12.8. The van der Waals surface area contributed by atoms with E-state index < -0.39 is 66.1 Å². The van der Waals surface area contributed by atoms with Crippen molar-refractivity contribution in [1.29, 1.82) is 0 Å². The minimum atomic E-state index is -1.37. The van der Waals surface area contributed by atoms with Crippen LogP contribution in [0.2, 0.25) is 0 Å². The van der Waals surface area contributed by atoms with Crippen LogP contribution in [0.4, 0.5) is 0 Å². The zero-order valence-electron chi connectivity index (χ0n) is 30.9. The number of fused-ring (bicyclic) bond motifs is 2. The second kappa shape index (κ2) is 21.4. The molecule has 13 heteroatoms. The first kappa shape index (κ1) is 41.4. The maximum atomic E-state index is 14.0. The molecule has 0 aromatic heterocycles. The molecule has 1 saturated carbocycles. The van der Waals surface area contributed by atoms with Crippen LogP contribution in [0.15, 0.2) is 60.7 Å². The average Bonchev–Trinajstić information content (AvgIpc) is 3.17. The van der Waals surface area contributed by atoms with E-state index in [4.69, 9.17) is 0 Å². The number of hydrogen-bond acceptors (Lipinski definition) is 7. The number of Topliss-reactive ketones (excluding diaryl/α,β-unsaturated/α-hetero) is 1. The number of carbonyl (C=O) groups is 7. The summed E-state index contributed by atoms with van der Waals surface area (Å²) in [6, 6.07) is 11.0. The Morgan fingerprint density at radius 2 is 1.61 bits per heavy atom. The lowest BCUT2D eigenvalue weighted by Crippen LogP contribution is -2.59. The minimum absolute atomic E-state index is 0.0795. The second-order valence-corrected chi connectivity index (χ2v) is 14.1. The Morgan fingerprint density at radius 3 is 2.33 bits per heavy atom. The van der Waals surface area contributed by atoms with Crippen molar-refractivity contribution in [3.8, 4) is 0 Å². The van der Waals surface area contributed by atoms with Gasteiger partial charge < -0.3 is 31.7 Å². The van der Waals surface area contributed by atoms with Crippen molar-refractivity contribution in [1.82, 2.24) is 26.6 Å². The van der Waals surface area contributed by atoms with Crippen molar-refractivity contribution >= 4 is 47.4 Å². The normalized spacial score (nSPS) is 20.5. The van der Waals surface area contributed by atoms with Gasteiger partial charge in [-0.3, -0.25) is 28.8 Å². The predicted molar refractivity (Wildman–Crippen MR) is 203 cm³/mol. The molecule has 290 valence electrons. The van der Waals surface area contributed by atoms with Gasteiger partial charge in [0.2, 0.25) is 29.4 Å². The Hall–Kier alpha value is -5.33. The lowest BCUT2D eigenvalue weighted by atomic mass is 9.83. The lowest BCUT2D eigenvalue weighted by molar-refractivity contribution is -0.142. The van der Waals surface area contributed by atoms with Gasteiger partial charge in [0, 0.05) is 12.8 Å². The lowest BCUT2D eigenvalue weighted by Gasteiger charge is -2.31. The molecule has 1 heterocycles. The van der Waals surface area contributed by atoms with E-state index in [1.54, 1.807) is 25.1 Å². The second-order valence-electron chi connectivity index (χ2n) is 14.1. The van der Waals surface area contributed by atoms with E-state index in [1.807, 2.05) is 30.3 Å². The summed E-state index contributed by atoms with van der Waals surface area (Å²) in [5.41, 5.74) is 2.02. The number of allylic oxidation sites excluding steroid dienone is 1. The SMILES string of the molecule is CCCC(NC(=O)[C@@H]1Cc2cccc(c2)/C=C\CCCCCC(=O)N[C@@H](C2CCCCC2)C(=O)N1)C(=O)C(=O)NCC(=O)N[C@H](C(=O)O)c1ccccc1. The molecule has 6 N–H and O–H groups in total. The Labute approximate surface area is 316 Å². The molecule has 2 aromatic rings. The van der Waals surface area contributed by atoms with Crippen LogP contribution in [-0.4, -0.2) is 71.1 Å². The van der Waals surface area contributed by atoms with Gasteiger partial charge in [0.1, 0.15) is 12.1 Å². The molecule has 4 atom stereocenters. The number of carboxylic acids is 1. The summed E-state index contributed by atoms with van der Waals surface area (Å²) in [6.45, 7) is 1.10. The summed E-state index contributed by atoms with van der Waals surface area (Å²) >= 11 is 0. The molecule has 0 saturated heterocycles. The number of benzene rings is 2. The van der Waals surface area contributed by atoms with Gasteiger partial charge in [-0.2, -0.15) is 0 Å². The molecule has 1 unspecified atom stereocenters. The summed E-state index contributed by atoms with van der Waals surface area (Å²) < 4.78 is 0. The number of ketones is 1. The van der Waals surface area contributed by atoms with Gasteiger partial charge in [-0.05, 0) is 61.1 Å². The molecule has 2 aromatic carbocycles.